The Morgan fingerprint density at radius 1 is 1.07 bits per heavy atom. The van der Waals surface area contributed by atoms with Crippen molar-refractivity contribution in [2.75, 3.05) is 19.8 Å². The molecule has 3 fully saturated rings. The van der Waals surface area contributed by atoms with Gasteiger partial charge in [-0.15, -0.1) is 0 Å². The summed E-state index contributed by atoms with van der Waals surface area (Å²) in [7, 11) is -4.09. The molecule has 0 unspecified atom stereocenters. The van der Waals surface area contributed by atoms with Crippen molar-refractivity contribution in [1.29, 1.82) is 0 Å². The standard InChI is InChI=1S/C29H38N2O8S/c1-20-11-13-23(14-12-20)40(34,35)31(39-22-9-5-6-10-22)18-26(32)25(17-21-7-3-2-4-8-21)30-29(33)38-27-19-37-28-24(27)15-16-36-28/h2-4,7-8,11-14,22,24-28,32H,5-6,9-10,15-19H2,1H3,(H,30,33)/t24-,25+,26-,27-,28+/m1/s1. The molecule has 3 aliphatic rings. The maximum atomic E-state index is 13.7. The maximum absolute atomic E-state index is 13.7. The Morgan fingerprint density at radius 2 is 1.80 bits per heavy atom. The number of carbonyl (C=O) groups excluding carboxylic acids is 1. The molecule has 5 rings (SSSR count). The van der Waals surface area contributed by atoms with Crippen LogP contribution < -0.4 is 5.32 Å². The van der Waals surface area contributed by atoms with Crippen LogP contribution in [-0.4, -0.2) is 74.5 Å². The van der Waals surface area contributed by atoms with Gasteiger partial charge in [0.1, 0.15) is 6.10 Å². The zero-order valence-electron chi connectivity index (χ0n) is 22.7. The molecule has 0 spiro atoms. The molecular formula is C29H38N2O8S. The molecule has 10 nitrogen and oxygen atoms in total. The number of benzene rings is 2. The number of carbonyl (C=O) groups is 1. The lowest BCUT2D eigenvalue weighted by Crippen LogP contribution is -2.51. The highest BCUT2D eigenvalue weighted by molar-refractivity contribution is 7.89. The highest BCUT2D eigenvalue weighted by atomic mass is 32.2. The minimum atomic E-state index is -4.09. The van der Waals surface area contributed by atoms with E-state index >= 15 is 0 Å². The van der Waals surface area contributed by atoms with E-state index in [9.17, 15) is 18.3 Å². The molecule has 5 atom stereocenters. The molecule has 0 aromatic heterocycles. The Bertz CT molecular complexity index is 1220. The summed E-state index contributed by atoms with van der Waals surface area (Å²) in [6.45, 7) is 2.31. The number of aryl methyl sites for hydroxylation is 1. The lowest BCUT2D eigenvalue weighted by Gasteiger charge is -2.31. The summed E-state index contributed by atoms with van der Waals surface area (Å²) in [6.07, 6.45) is 1.30. The van der Waals surface area contributed by atoms with E-state index in [4.69, 9.17) is 19.0 Å². The first-order valence-electron chi connectivity index (χ1n) is 14.0. The molecule has 1 saturated carbocycles. The Morgan fingerprint density at radius 3 is 2.52 bits per heavy atom. The number of alkyl carbamates (subject to hydrolysis) is 1. The van der Waals surface area contributed by atoms with Gasteiger partial charge in [0, 0.05) is 0 Å². The number of aliphatic hydroxyl groups is 1. The SMILES string of the molecule is Cc1ccc(S(=O)(=O)N(C[C@@H](O)[C@H](Cc2ccccc2)NC(=O)O[C@@H]2CO[C@@H]3OCC[C@@H]32)OC2CCCC2)cc1. The van der Waals surface area contributed by atoms with Crippen LogP contribution in [0.3, 0.4) is 0 Å². The molecule has 0 radical (unpaired) electrons. The number of aliphatic hydroxyl groups excluding tert-OH is 1. The average molecular weight is 575 g/mol. The van der Waals surface area contributed by atoms with E-state index in [1.165, 1.54) is 12.1 Å². The molecule has 2 heterocycles. The van der Waals surface area contributed by atoms with Crippen LogP contribution in [0.2, 0.25) is 0 Å². The van der Waals surface area contributed by atoms with Crippen molar-refractivity contribution in [1.82, 2.24) is 9.79 Å². The number of rotatable bonds is 11. The summed E-state index contributed by atoms with van der Waals surface area (Å²) >= 11 is 0. The van der Waals surface area contributed by atoms with Gasteiger partial charge < -0.3 is 24.6 Å². The van der Waals surface area contributed by atoms with Gasteiger partial charge in [-0.1, -0.05) is 65.3 Å². The van der Waals surface area contributed by atoms with Gasteiger partial charge in [0.25, 0.3) is 10.0 Å². The summed E-state index contributed by atoms with van der Waals surface area (Å²) in [5, 5.41) is 14.2. The van der Waals surface area contributed by atoms with Crippen molar-refractivity contribution in [3.63, 3.8) is 0 Å². The monoisotopic (exact) mass is 574 g/mol. The number of hydrogen-bond acceptors (Lipinski definition) is 8. The van der Waals surface area contributed by atoms with Gasteiger partial charge in [0.2, 0.25) is 0 Å². The molecule has 0 bridgehead atoms. The number of fused-ring (bicyclic) bond motifs is 1. The fourth-order valence-corrected chi connectivity index (χ4v) is 6.79. The second-order valence-electron chi connectivity index (χ2n) is 10.8. The Labute approximate surface area is 235 Å². The van der Waals surface area contributed by atoms with Crippen LogP contribution in [0, 0.1) is 12.8 Å². The normalized spacial score (nSPS) is 24.6. The average Bonchev–Trinajstić information content (AvgIpc) is 3.70. The predicted molar refractivity (Wildman–Crippen MR) is 146 cm³/mol. The first-order valence-corrected chi connectivity index (χ1v) is 15.4. The van der Waals surface area contributed by atoms with Gasteiger partial charge in [0.15, 0.2) is 6.29 Å². The van der Waals surface area contributed by atoms with Crippen LogP contribution >= 0.6 is 0 Å². The van der Waals surface area contributed by atoms with Crippen molar-refractivity contribution in [2.24, 2.45) is 5.92 Å². The first kappa shape index (κ1) is 29.0. The van der Waals surface area contributed by atoms with Crippen molar-refractivity contribution in [3.05, 3.63) is 65.7 Å². The number of ether oxygens (including phenoxy) is 3. The molecule has 1 aliphatic carbocycles. The van der Waals surface area contributed by atoms with Crippen LogP contribution in [0.1, 0.15) is 43.2 Å². The minimum absolute atomic E-state index is 0.0294. The van der Waals surface area contributed by atoms with Crippen LogP contribution in [0.4, 0.5) is 4.79 Å². The van der Waals surface area contributed by atoms with Crippen LogP contribution in [0.25, 0.3) is 0 Å². The summed E-state index contributed by atoms with van der Waals surface area (Å²) in [6, 6.07) is 15.0. The number of nitrogens with one attached hydrogen (secondary N) is 1. The van der Waals surface area contributed by atoms with Crippen molar-refractivity contribution < 1.29 is 37.4 Å². The molecule has 2 saturated heterocycles. The third kappa shape index (κ3) is 7.02. The highest BCUT2D eigenvalue weighted by Gasteiger charge is 2.44. The van der Waals surface area contributed by atoms with Gasteiger partial charge in [-0.2, -0.15) is 0 Å². The summed E-state index contributed by atoms with van der Waals surface area (Å²) in [5.41, 5.74) is 1.79. The fourth-order valence-electron chi connectivity index (χ4n) is 5.49. The molecule has 40 heavy (non-hydrogen) atoms. The number of hydroxylamine groups is 1. The quantitative estimate of drug-likeness (QED) is 0.392. The van der Waals surface area contributed by atoms with Gasteiger partial charge in [-0.3, -0.25) is 4.84 Å². The van der Waals surface area contributed by atoms with Crippen molar-refractivity contribution in [3.8, 4) is 0 Å². The van der Waals surface area contributed by atoms with E-state index in [0.717, 1.165) is 47.7 Å². The minimum Gasteiger partial charge on any atom is -0.443 e. The van der Waals surface area contributed by atoms with E-state index in [0.29, 0.717) is 6.61 Å². The lowest BCUT2D eigenvalue weighted by molar-refractivity contribution is -0.145. The number of sulfonamides is 1. The summed E-state index contributed by atoms with van der Waals surface area (Å²) in [5.74, 6) is -0.0294. The van der Waals surface area contributed by atoms with Gasteiger partial charge >= 0.3 is 6.09 Å². The van der Waals surface area contributed by atoms with Gasteiger partial charge in [-0.05, 0) is 50.3 Å². The van der Waals surface area contributed by atoms with Crippen molar-refractivity contribution >= 4 is 16.1 Å². The van der Waals surface area contributed by atoms with Crippen LogP contribution in [0.5, 0.6) is 0 Å². The van der Waals surface area contributed by atoms with E-state index in [1.54, 1.807) is 12.1 Å². The molecule has 1 amide bonds. The van der Waals surface area contributed by atoms with Gasteiger partial charge in [-0.25, -0.2) is 13.2 Å². The van der Waals surface area contributed by atoms with Gasteiger partial charge in [0.05, 0.1) is 48.8 Å². The lowest BCUT2D eigenvalue weighted by atomic mass is 10.0. The maximum Gasteiger partial charge on any atom is 0.407 e. The topological polar surface area (TPSA) is 124 Å². The summed E-state index contributed by atoms with van der Waals surface area (Å²) < 4.78 is 45.0. The zero-order chi connectivity index (χ0) is 28.1. The Balaban J connectivity index is 1.33. The molecule has 11 heteroatoms. The molecule has 2 aromatic carbocycles. The zero-order valence-corrected chi connectivity index (χ0v) is 23.5. The molecule has 218 valence electrons. The Kier molecular flexibility index (Phi) is 9.39. The van der Waals surface area contributed by atoms with E-state index in [1.807, 2.05) is 37.3 Å². The molecular weight excluding hydrogens is 536 g/mol. The number of hydrogen-bond donors (Lipinski definition) is 2. The second-order valence-corrected chi connectivity index (χ2v) is 12.6. The number of nitrogens with zero attached hydrogens (tertiary/aromatic N) is 1. The third-order valence-corrected chi connectivity index (χ3v) is 9.44. The van der Waals surface area contributed by atoms with E-state index < -0.39 is 34.4 Å². The summed E-state index contributed by atoms with van der Waals surface area (Å²) in [4.78, 5) is 19.1. The van der Waals surface area contributed by atoms with E-state index in [2.05, 4.69) is 5.32 Å². The highest BCUT2D eigenvalue weighted by Crippen LogP contribution is 2.33. The predicted octanol–water partition coefficient (Wildman–Crippen LogP) is 3.32. The largest absolute Gasteiger partial charge is 0.443 e. The van der Waals surface area contributed by atoms with Crippen molar-refractivity contribution in [2.45, 2.75) is 81.0 Å². The van der Waals surface area contributed by atoms with Crippen LogP contribution in [0.15, 0.2) is 59.5 Å². The van der Waals surface area contributed by atoms with E-state index in [-0.39, 0.29) is 42.8 Å². The third-order valence-electron chi connectivity index (χ3n) is 7.80. The Hall–Kier alpha value is -2.54. The number of amides is 1. The molecule has 2 aliphatic heterocycles. The molecule has 2 N–H and O–H groups in total. The molecule has 2 aromatic rings. The second kappa shape index (κ2) is 13.0. The smallest absolute Gasteiger partial charge is 0.407 e. The van der Waals surface area contributed by atoms with Crippen LogP contribution in [-0.2, 0) is 35.5 Å². The fraction of sp³-hybridized carbons (Fsp3) is 0.552. The first-order chi connectivity index (χ1) is 19.3.